The molecule has 3 aromatic rings. The van der Waals surface area contributed by atoms with Crippen LogP contribution in [0.4, 0.5) is 0 Å². The maximum atomic E-state index is 13.9. The molecule has 0 saturated carbocycles. The predicted molar refractivity (Wildman–Crippen MR) is 125 cm³/mol. The Hall–Kier alpha value is -2.35. The Morgan fingerprint density at radius 1 is 1.16 bits per heavy atom. The number of hydrogen-bond acceptors (Lipinski definition) is 6. The Morgan fingerprint density at radius 3 is 2.58 bits per heavy atom. The van der Waals surface area contributed by atoms with Gasteiger partial charge in [-0.1, -0.05) is 30.3 Å². The Kier molecular flexibility index (Phi) is 6.65. The van der Waals surface area contributed by atoms with Crippen LogP contribution in [-0.2, 0) is 11.3 Å². The fourth-order valence-corrected chi connectivity index (χ4v) is 5.51. The number of thiophene rings is 1. The lowest BCUT2D eigenvalue weighted by atomic mass is 10.1. The molecular formula is C24H30N4O2S. The number of hydrogen-bond donors (Lipinski definition) is 0. The molecule has 6 nitrogen and oxygen atoms in total. The minimum Gasteiger partial charge on any atom is -0.379 e. The Labute approximate surface area is 187 Å². The maximum Gasteiger partial charge on any atom is 0.264 e. The summed E-state index contributed by atoms with van der Waals surface area (Å²) >= 11 is 1.49. The number of benzene rings is 1. The van der Waals surface area contributed by atoms with Gasteiger partial charge in [0.1, 0.15) is 10.7 Å². The molecular weight excluding hydrogens is 408 g/mol. The first-order valence-corrected chi connectivity index (χ1v) is 11.6. The second-order valence-corrected chi connectivity index (χ2v) is 9.27. The van der Waals surface area contributed by atoms with Crippen LogP contribution in [-0.4, -0.2) is 64.6 Å². The summed E-state index contributed by atoms with van der Waals surface area (Å²) in [7, 11) is 0. The number of nitrogens with zero attached hydrogens (tertiary/aromatic N) is 4. The van der Waals surface area contributed by atoms with E-state index >= 15 is 0 Å². The van der Waals surface area contributed by atoms with Crippen molar-refractivity contribution in [3.8, 4) is 0 Å². The van der Waals surface area contributed by atoms with Gasteiger partial charge in [-0.15, -0.1) is 11.3 Å². The van der Waals surface area contributed by atoms with E-state index in [1.165, 1.54) is 11.3 Å². The van der Waals surface area contributed by atoms with E-state index in [1.807, 2.05) is 43.9 Å². The monoisotopic (exact) mass is 438 g/mol. The third-order valence-corrected chi connectivity index (χ3v) is 7.07. The van der Waals surface area contributed by atoms with Crippen LogP contribution in [0.25, 0.3) is 10.2 Å². The second-order valence-electron chi connectivity index (χ2n) is 8.27. The van der Waals surface area contributed by atoms with Crippen molar-refractivity contribution in [3.05, 3.63) is 57.9 Å². The van der Waals surface area contributed by atoms with Gasteiger partial charge in [-0.05, 0) is 38.8 Å². The van der Waals surface area contributed by atoms with E-state index in [0.717, 1.165) is 70.6 Å². The fourth-order valence-electron chi connectivity index (χ4n) is 4.27. The van der Waals surface area contributed by atoms with Crippen LogP contribution >= 0.6 is 11.3 Å². The van der Waals surface area contributed by atoms with Crippen molar-refractivity contribution in [1.29, 1.82) is 0 Å². The van der Waals surface area contributed by atoms with Crippen molar-refractivity contribution < 1.29 is 9.53 Å². The maximum absolute atomic E-state index is 13.9. The smallest absolute Gasteiger partial charge is 0.264 e. The number of rotatable bonds is 6. The minimum absolute atomic E-state index is 0.0714. The molecule has 31 heavy (non-hydrogen) atoms. The lowest BCUT2D eigenvalue weighted by Gasteiger charge is -2.35. The summed E-state index contributed by atoms with van der Waals surface area (Å²) in [5.74, 6) is 0.814. The Balaban J connectivity index is 1.66. The zero-order chi connectivity index (χ0) is 22.0. The summed E-state index contributed by atoms with van der Waals surface area (Å²) in [4.78, 5) is 29.0. The molecule has 0 N–H and O–H groups in total. The molecule has 2 aromatic heterocycles. The lowest BCUT2D eigenvalue weighted by molar-refractivity contribution is 0.0229. The molecule has 3 heterocycles. The number of fused-ring (bicyclic) bond motifs is 1. The first-order valence-electron chi connectivity index (χ1n) is 10.8. The third kappa shape index (κ3) is 4.79. The molecule has 7 heteroatoms. The van der Waals surface area contributed by atoms with Crippen LogP contribution in [0.3, 0.4) is 0 Å². The molecule has 1 fully saturated rings. The van der Waals surface area contributed by atoms with Gasteiger partial charge in [0.15, 0.2) is 0 Å². The van der Waals surface area contributed by atoms with Crippen LogP contribution in [0.1, 0.15) is 39.2 Å². The third-order valence-electron chi connectivity index (χ3n) is 5.89. The number of carbonyl (C=O) groups is 1. The Morgan fingerprint density at radius 2 is 1.87 bits per heavy atom. The van der Waals surface area contributed by atoms with E-state index < -0.39 is 0 Å². The van der Waals surface area contributed by atoms with Gasteiger partial charge < -0.3 is 9.64 Å². The lowest BCUT2D eigenvalue weighted by Crippen LogP contribution is -2.47. The number of morpholine rings is 1. The number of ether oxygens (including phenoxy) is 1. The molecule has 1 aliphatic rings. The van der Waals surface area contributed by atoms with E-state index in [4.69, 9.17) is 4.74 Å². The largest absolute Gasteiger partial charge is 0.379 e. The summed E-state index contributed by atoms with van der Waals surface area (Å²) in [5.41, 5.74) is 3.06. The normalized spacial score (nSPS) is 15.9. The molecule has 1 unspecified atom stereocenters. The van der Waals surface area contributed by atoms with E-state index in [9.17, 15) is 4.79 Å². The van der Waals surface area contributed by atoms with Crippen molar-refractivity contribution in [2.75, 3.05) is 32.8 Å². The van der Waals surface area contributed by atoms with Gasteiger partial charge in [-0.25, -0.2) is 9.97 Å². The second kappa shape index (κ2) is 9.42. The van der Waals surface area contributed by atoms with Crippen molar-refractivity contribution >= 4 is 27.5 Å². The van der Waals surface area contributed by atoms with E-state index in [0.29, 0.717) is 6.54 Å². The van der Waals surface area contributed by atoms with Gasteiger partial charge in [-0.3, -0.25) is 9.69 Å². The van der Waals surface area contributed by atoms with Gasteiger partial charge in [-0.2, -0.15) is 0 Å². The van der Waals surface area contributed by atoms with Gasteiger partial charge >= 0.3 is 0 Å². The summed E-state index contributed by atoms with van der Waals surface area (Å²) in [6.45, 7) is 12.8. The summed E-state index contributed by atoms with van der Waals surface area (Å²) < 4.78 is 5.49. The molecule has 1 saturated heterocycles. The zero-order valence-corrected chi connectivity index (χ0v) is 19.5. The SMILES string of the molecule is Cc1nc(C)c2c(C)c(C(=O)N(Cc3ccccc3)C(C)CN3CCOCC3)sc2n1. The first kappa shape index (κ1) is 21.9. The molecule has 164 valence electrons. The molecule has 0 radical (unpaired) electrons. The quantitative estimate of drug-likeness (QED) is 0.583. The molecule has 1 aliphatic heterocycles. The van der Waals surface area contributed by atoms with Crippen LogP contribution in [0, 0.1) is 20.8 Å². The topological polar surface area (TPSA) is 58.6 Å². The van der Waals surface area contributed by atoms with Crippen LogP contribution < -0.4 is 0 Å². The number of carbonyl (C=O) groups excluding carboxylic acids is 1. The van der Waals surface area contributed by atoms with Crippen molar-refractivity contribution in [2.45, 2.75) is 40.3 Å². The van der Waals surface area contributed by atoms with Crippen LogP contribution in [0.15, 0.2) is 30.3 Å². The molecule has 0 bridgehead atoms. The summed E-state index contributed by atoms with van der Waals surface area (Å²) in [6.07, 6.45) is 0. The van der Waals surface area contributed by atoms with Crippen LogP contribution in [0.5, 0.6) is 0 Å². The standard InChI is InChI=1S/C24H30N4O2S/c1-16(14-27-10-12-30-13-11-27)28(15-20-8-6-5-7-9-20)24(29)22-17(2)21-18(3)25-19(4)26-23(21)31-22/h5-9,16H,10-15H2,1-4H3. The van der Waals surface area contributed by atoms with Gasteiger partial charge in [0, 0.05) is 43.3 Å². The highest BCUT2D eigenvalue weighted by atomic mass is 32.1. The highest BCUT2D eigenvalue weighted by Gasteiger charge is 2.28. The van der Waals surface area contributed by atoms with Crippen LogP contribution in [0.2, 0.25) is 0 Å². The molecule has 1 aromatic carbocycles. The highest BCUT2D eigenvalue weighted by Crippen LogP contribution is 2.33. The molecule has 0 spiro atoms. The zero-order valence-electron chi connectivity index (χ0n) is 18.7. The molecule has 1 amide bonds. The Bertz CT molecular complexity index is 1060. The predicted octanol–water partition coefficient (Wildman–Crippen LogP) is 3.98. The van der Waals surface area contributed by atoms with Crippen molar-refractivity contribution in [3.63, 3.8) is 0 Å². The molecule has 1 atom stereocenters. The van der Waals surface area contributed by atoms with Crippen molar-refractivity contribution in [1.82, 2.24) is 19.8 Å². The average molecular weight is 439 g/mol. The van der Waals surface area contributed by atoms with Gasteiger partial charge in [0.25, 0.3) is 5.91 Å². The summed E-state index contributed by atoms with van der Waals surface area (Å²) in [5, 5.41) is 1.01. The van der Waals surface area contributed by atoms with Crippen molar-refractivity contribution in [2.24, 2.45) is 0 Å². The number of aryl methyl sites for hydroxylation is 3. The number of aromatic nitrogens is 2. The average Bonchev–Trinajstić information content (AvgIpc) is 3.09. The first-order chi connectivity index (χ1) is 14.9. The van der Waals surface area contributed by atoms with Gasteiger partial charge in [0.2, 0.25) is 0 Å². The summed E-state index contributed by atoms with van der Waals surface area (Å²) in [6, 6.07) is 10.3. The highest BCUT2D eigenvalue weighted by molar-refractivity contribution is 7.20. The van der Waals surface area contributed by atoms with E-state index in [2.05, 4.69) is 33.9 Å². The molecule has 0 aliphatic carbocycles. The van der Waals surface area contributed by atoms with E-state index in [1.54, 1.807) is 0 Å². The molecule has 4 rings (SSSR count). The number of amides is 1. The van der Waals surface area contributed by atoms with Gasteiger partial charge in [0.05, 0.1) is 18.1 Å². The minimum atomic E-state index is 0.0714. The fraction of sp³-hybridized carbons (Fsp3) is 0.458. The van der Waals surface area contributed by atoms with E-state index in [-0.39, 0.29) is 11.9 Å².